The summed E-state index contributed by atoms with van der Waals surface area (Å²) in [5.41, 5.74) is 5.87. The number of rotatable bonds is 3. The van der Waals surface area contributed by atoms with E-state index in [2.05, 4.69) is 6.92 Å². The molecular weight excluding hydrogens is 208 g/mol. The Morgan fingerprint density at radius 1 is 1.40 bits per heavy atom. The van der Waals surface area contributed by atoms with E-state index in [1.165, 1.54) is 0 Å². The minimum absolute atomic E-state index is 0.0943. The molecule has 15 heavy (non-hydrogen) atoms. The van der Waals surface area contributed by atoms with Gasteiger partial charge in [0.2, 0.25) is 5.91 Å². The number of thioether (sulfide) groups is 1. The van der Waals surface area contributed by atoms with Crippen molar-refractivity contribution in [2.45, 2.75) is 38.0 Å². The van der Waals surface area contributed by atoms with Crippen LogP contribution < -0.4 is 5.73 Å². The summed E-state index contributed by atoms with van der Waals surface area (Å²) in [6.45, 7) is 5.81. The lowest BCUT2D eigenvalue weighted by atomic mass is 9.91. The van der Waals surface area contributed by atoms with Crippen LogP contribution in [0.1, 0.15) is 26.7 Å². The smallest absolute Gasteiger partial charge is 0.235 e. The van der Waals surface area contributed by atoms with E-state index in [4.69, 9.17) is 5.73 Å². The third-order valence-corrected chi connectivity index (χ3v) is 4.20. The third-order valence-electron chi connectivity index (χ3n) is 3.30. The number of hydrogen-bond donors (Lipinski definition) is 1. The Balaban J connectivity index is 2.40. The van der Waals surface area contributed by atoms with E-state index < -0.39 is 0 Å². The second kappa shape index (κ2) is 5.75. The zero-order valence-electron chi connectivity index (χ0n) is 9.90. The molecule has 2 atom stereocenters. The maximum Gasteiger partial charge on any atom is 0.235 e. The molecule has 1 amide bonds. The van der Waals surface area contributed by atoms with E-state index in [0.717, 1.165) is 25.9 Å². The van der Waals surface area contributed by atoms with Crippen LogP contribution in [0.5, 0.6) is 0 Å². The molecule has 1 heterocycles. The summed E-state index contributed by atoms with van der Waals surface area (Å²) in [6, 6.07) is 0.264. The average Bonchev–Trinajstić information content (AvgIpc) is 2.27. The molecule has 0 saturated carbocycles. The van der Waals surface area contributed by atoms with E-state index in [1.807, 2.05) is 18.1 Å². The average molecular weight is 230 g/mol. The fraction of sp³-hybridized carbons (Fsp3) is 0.909. The second-order valence-corrected chi connectivity index (χ2v) is 5.58. The topological polar surface area (TPSA) is 46.3 Å². The highest BCUT2D eigenvalue weighted by molar-refractivity contribution is 7.99. The van der Waals surface area contributed by atoms with Crippen molar-refractivity contribution in [3.8, 4) is 0 Å². The molecule has 0 aromatic carbocycles. The molecule has 1 fully saturated rings. The largest absolute Gasteiger partial charge is 0.342 e. The monoisotopic (exact) mass is 230 g/mol. The molecule has 0 aromatic rings. The number of nitrogens with zero attached hydrogens (tertiary/aromatic N) is 1. The first-order chi connectivity index (χ1) is 7.06. The zero-order valence-corrected chi connectivity index (χ0v) is 10.7. The molecule has 88 valence electrons. The molecule has 1 aliphatic heterocycles. The van der Waals surface area contributed by atoms with Crippen LogP contribution in [0.3, 0.4) is 0 Å². The lowest BCUT2D eigenvalue weighted by Crippen LogP contribution is -2.45. The number of carbonyl (C=O) groups excluding carboxylic acids is 1. The van der Waals surface area contributed by atoms with E-state index in [0.29, 0.717) is 5.92 Å². The first kappa shape index (κ1) is 12.8. The Morgan fingerprint density at radius 2 is 1.93 bits per heavy atom. The fourth-order valence-corrected chi connectivity index (χ4v) is 2.35. The van der Waals surface area contributed by atoms with Crippen molar-refractivity contribution in [2.24, 2.45) is 11.7 Å². The van der Waals surface area contributed by atoms with Gasteiger partial charge in [-0.05, 0) is 38.9 Å². The number of likely N-dealkylation sites (tertiary alicyclic amines) is 1. The quantitative estimate of drug-likeness (QED) is 0.795. The van der Waals surface area contributed by atoms with Gasteiger partial charge >= 0.3 is 0 Å². The van der Waals surface area contributed by atoms with Gasteiger partial charge in [-0.2, -0.15) is 11.8 Å². The van der Waals surface area contributed by atoms with Crippen molar-refractivity contribution in [3.63, 3.8) is 0 Å². The van der Waals surface area contributed by atoms with Gasteiger partial charge in [-0.15, -0.1) is 0 Å². The Hall–Kier alpha value is -0.220. The number of amides is 1. The third kappa shape index (κ3) is 3.38. The first-order valence-corrected chi connectivity index (χ1v) is 6.92. The van der Waals surface area contributed by atoms with Crippen LogP contribution in [-0.2, 0) is 4.79 Å². The molecular formula is C11H22N2OS. The molecule has 3 nitrogen and oxygen atoms in total. The van der Waals surface area contributed by atoms with E-state index in [9.17, 15) is 4.79 Å². The molecule has 0 aliphatic carbocycles. The maximum atomic E-state index is 11.9. The van der Waals surface area contributed by atoms with Gasteiger partial charge in [0.15, 0.2) is 0 Å². The predicted molar refractivity (Wildman–Crippen MR) is 65.9 cm³/mol. The van der Waals surface area contributed by atoms with Crippen LogP contribution in [-0.4, -0.2) is 41.4 Å². The summed E-state index contributed by atoms with van der Waals surface area (Å²) < 4.78 is 0. The molecule has 2 unspecified atom stereocenters. The van der Waals surface area contributed by atoms with Gasteiger partial charge in [-0.1, -0.05) is 0 Å². The van der Waals surface area contributed by atoms with Crippen molar-refractivity contribution in [1.82, 2.24) is 4.90 Å². The Kier molecular flexibility index (Phi) is 4.93. The number of nitrogens with two attached hydrogens (primary N) is 1. The number of piperidine rings is 1. The molecule has 1 rings (SSSR count). The number of carbonyl (C=O) groups is 1. The van der Waals surface area contributed by atoms with Crippen LogP contribution in [0.25, 0.3) is 0 Å². The zero-order chi connectivity index (χ0) is 11.4. The summed E-state index contributed by atoms with van der Waals surface area (Å²) in [5.74, 6) is 0.879. The van der Waals surface area contributed by atoms with Crippen LogP contribution in [0.4, 0.5) is 0 Å². The maximum absolute atomic E-state index is 11.9. The van der Waals surface area contributed by atoms with E-state index in [1.54, 1.807) is 11.8 Å². The summed E-state index contributed by atoms with van der Waals surface area (Å²) in [5, 5.41) is 0.0943. The molecule has 4 heteroatoms. The van der Waals surface area contributed by atoms with Gasteiger partial charge in [-0.25, -0.2) is 0 Å². The van der Waals surface area contributed by atoms with Crippen molar-refractivity contribution < 1.29 is 4.79 Å². The van der Waals surface area contributed by atoms with Gasteiger partial charge in [0.05, 0.1) is 5.25 Å². The SMILES string of the molecule is CSC(C)C(=O)N1CCC(C(C)N)CC1. The molecule has 1 aliphatic rings. The van der Waals surface area contributed by atoms with Crippen molar-refractivity contribution in [1.29, 1.82) is 0 Å². The fourth-order valence-electron chi connectivity index (χ4n) is 2.00. The molecule has 0 radical (unpaired) electrons. The van der Waals surface area contributed by atoms with Gasteiger partial charge in [0, 0.05) is 19.1 Å². The van der Waals surface area contributed by atoms with Crippen LogP contribution in [0.15, 0.2) is 0 Å². The van der Waals surface area contributed by atoms with Crippen LogP contribution in [0, 0.1) is 5.92 Å². The van der Waals surface area contributed by atoms with Gasteiger partial charge in [0.25, 0.3) is 0 Å². The predicted octanol–water partition coefficient (Wildman–Crippen LogP) is 1.32. The lowest BCUT2D eigenvalue weighted by molar-refractivity contribution is -0.131. The molecule has 0 spiro atoms. The van der Waals surface area contributed by atoms with Crippen LogP contribution in [0.2, 0.25) is 0 Å². The molecule has 0 bridgehead atoms. The normalized spacial score (nSPS) is 22.5. The van der Waals surface area contributed by atoms with Gasteiger partial charge < -0.3 is 10.6 Å². The number of hydrogen-bond acceptors (Lipinski definition) is 3. The minimum atomic E-state index is 0.0943. The molecule has 1 saturated heterocycles. The summed E-state index contributed by atoms with van der Waals surface area (Å²) >= 11 is 1.62. The summed E-state index contributed by atoms with van der Waals surface area (Å²) in [6.07, 6.45) is 4.10. The van der Waals surface area contributed by atoms with Gasteiger partial charge in [-0.3, -0.25) is 4.79 Å². The van der Waals surface area contributed by atoms with Crippen LogP contribution >= 0.6 is 11.8 Å². The van der Waals surface area contributed by atoms with E-state index >= 15 is 0 Å². The Labute approximate surface area is 96.8 Å². The minimum Gasteiger partial charge on any atom is -0.342 e. The highest BCUT2D eigenvalue weighted by Gasteiger charge is 2.26. The lowest BCUT2D eigenvalue weighted by Gasteiger charge is -2.34. The highest BCUT2D eigenvalue weighted by Crippen LogP contribution is 2.21. The van der Waals surface area contributed by atoms with Gasteiger partial charge in [0.1, 0.15) is 0 Å². The summed E-state index contributed by atoms with van der Waals surface area (Å²) in [4.78, 5) is 13.9. The Bertz CT molecular complexity index is 213. The highest BCUT2D eigenvalue weighted by atomic mass is 32.2. The molecule has 2 N–H and O–H groups in total. The van der Waals surface area contributed by atoms with Crippen molar-refractivity contribution in [2.75, 3.05) is 19.3 Å². The molecule has 0 aromatic heterocycles. The Morgan fingerprint density at radius 3 is 2.33 bits per heavy atom. The summed E-state index contributed by atoms with van der Waals surface area (Å²) in [7, 11) is 0. The van der Waals surface area contributed by atoms with Crippen molar-refractivity contribution >= 4 is 17.7 Å². The second-order valence-electron chi connectivity index (χ2n) is 4.40. The van der Waals surface area contributed by atoms with E-state index in [-0.39, 0.29) is 17.2 Å². The van der Waals surface area contributed by atoms with Crippen molar-refractivity contribution in [3.05, 3.63) is 0 Å². The standard InChI is InChI=1S/C11H22N2OS/c1-8(12)10-4-6-13(7-5-10)11(14)9(2)15-3/h8-10H,4-7,12H2,1-3H3. The first-order valence-electron chi connectivity index (χ1n) is 5.63.